The largest absolute Gasteiger partial charge is 0.380 e. The Bertz CT molecular complexity index is 514. The van der Waals surface area contributed by atoms with E-state index < -0.39 is 0 Å². The Morgan fingerprint density at radius 1 is 1.40 bits per heavy atom. The van der Waals surface area contributed by atoms with Gasteiger partial charge in [0.25, 0.3) is 5.56 Å². The summed E-state index contributed by atoms with van der Waals surface area (Å²) in [4.78, 5) is 12.1. The first-order valence-corrected chi connectivity index (χ1v) is 7.92. The molecule has 3 unspecified atom stereocenters. The van der Waals surface area contributed by atoms with Crippen molar-refractivity contribution in [2.24, 2.45) is 11.8 Å². The molecular weight excluding hydrogens is 274 g/mol. The second-order valence-electron chi connectivity index (χ2n) is 6.01. The molecule has 1 aliphatic rings. The van der Waals surface area contributed by atoms with Crippen LogP contribution in [-0.2, 0) is 6.54 Å². The molecule has 5 heteroatoms. The Kier molecular flexibility index (Phi) is 5.08. The Morgan fingerprint density at radius 2 is 2.15 bits per heavy atom. The van der Waals surface area contributed by atoms with Crippen molar-refractivity contribution in [2.45, 2.75) is 59.0 Å². The van der Waals surface area contributed by atoms with Crippen molar-refractivity contribution in [3.8, 4) is 0 Å². The van der Waals surface area contributed by atoms with Gasteiger partial charge in [0.05, 0.1) is 11.9 Å². The number of nitrogens with one attached hydrogen (secondary N) is 1. The lowest BCUT2D eigenvalue weighted by molar-refractivity contribution is 0.261. The molecule has 4 nitrogen and oxygen atoms in total. The predicted molar refractivity (Wildman–Crippen MR) is 83.4 cm³/mol. The summed E-state index contributed by atoms with van der Waals surface area (Å²) in [5.74, 6) is 1.48. The van der Waals surface area contributed by atoms with Gasteiger partial charge in [0.1, 0.15) is 5.02 Å². The maximum Gasteiger partial charge on any atom is 0.287 e. The van der Waals surface area contributed by atoms with Gasteiger partial charge in [0, 0.05) is 12.6 Å². The highest BCUT2D eigenvalue weighted by Gasteiger charge is 2.25. The molecule has 0 aliphatic heterocycles. The lowest BCUT2D eigenvalue weighted by Crippen LogP contribution is -2.32. The standard InChI is InChI=1S/C15H24ClN3O/c1-4-7-19-15(20)14(16)13(9-17-19)18-12-6-5-10(2)11(3)8-12/h9-12,18H,4-8H2,1-3H3. The fourth-order valence-electron chi connectivity index (χ4n) is 2.84. The van der Waals surface area contributed by atoms with Crippen LogP contribution in [0.3, 0.4) is 0 Å². The zero-order valence-electron chi connectivity index (χ0n) is 12.5. The molecule has 0 spiro atoms. The van der Waals surface area contributed by atoms with Crippen molar-refractivity contribution in [2.75, 3.05) is 5.32 Å². The Hall–Kier alpha value is -1.03. The monoisotopic (exact) mass is 297 g/mol. The summed E-state index contributed by atoms with van der Waals surface area (Å²) >= 11 is 6.18. The lowest BCUT2D eigenvalue weighted by atomic mass is 9.79. The molecule has 0 aromatic carbocycles. The highest BCUT2D eigenvalue weighted by atomic mass is 35.5. The van der Waals surface area contributed by atoms with Crippen LogP contribution in [0.15, 0.2) is 11.0 Å². The predicted octanol–water partition coefficient (Wildman–Crippen LogP) is 3.54. The van der Waals surface area contributed by atoms with Gasteiger partial charge in [-0.3, -0.25) is 4.79 Å². The molecule has 3 atom stereocenters. The van der Waals surface area contributed by atoms with Gasteiger partial charge in [-0.05, 0) is 37.5 Å². The topological polar surface area (TPSA) is 46.9 Å². The van der Waals surface area contributed by atoms with Gasteiger partial charge >= 0.3 is 0 Å². The fourth-order valence-corrected chi connectivity index (χ4v) is 3.04. The van der Waals surface area contributed by atoms with Gasteiger partial charge < -0.3 is 5.32 Å². The molecule has 1 saturated carbocycles. The molecule has 1 fully saturated rings. The summed E-state index contributed by atoms with van der Waals surface area (Å²) in [6.45, 7) is 7.22. The second-order valence-corrected chi connectivity index (χ2v) is 6.39. The van der Waals surface area contributed by atoms with E-state index >= 15 is 0 Å². The molecule has 1 heterocycles. The first-order chi connectivity index (χ1) is 9.52. The number of anilines is 1. The first-order valence-electron chi connectivity index (χ1n) is 7.55. The number of halogens is 1. The summed E-state index contributed by atoms with van der Waals surface area (Å²) in [7, 11) is 0. The molecule has 20 heavy (non-hydrogen) atoms. The minimum absolute atomic E-state index is 0.198. The third kappa shape index (κ3) is 3.35. The third-order valence-electron chi connectivity index (χ3n) is 4.38. The van der Waals surface area contributed by atoms with E-state index in [9.17, 15) is 4.79 Å². The highest BCUT2D eigenvalue weighted by molar-refractivity contribution is 6.32. The fraction of sp³-hybridized carbons (Fsp3) is 0.733. The van der Waals surface area contributed by atoms with E-state index in [2.05, 4.69) is 24.3 Å². The van der Waals surface area contributed by atoms with Crippen LogP contribution in [0, 0.1) is 11.8 Å². The van der Waals surface area contributed by atoms with E-state index in [4.69, 9.17) is 11.6 Å². The number of hydrogen-bond donors (Lipinski definition) is 1. The van der Waals surface area contributed by atoms with Crippen LogP contribution >= 0.6 is 11.6 Å². The molecular formula is C15H24ClN3O. The van der Waals surface area contributed by atoms with E-state index in [0.717, 1.165) is 25.2 Å². The van der Waals surface area contributed by atoms with Crippen LogP contribution in [0.5, 0.6) is 0 Å². The molecule has 112 valence electrons. The van der Waals surface area contributed by atoms with Crippen molar-refractivity contribution in [3.05, 3.63) is 21.6 Å². The van der Waals surface area contributed by atoms with Gasteiger partial charge in [-0.2, -0.15) is 5.10 Å². The van der Waals surface area contributed by atoms with E-state index in [1.165, 1.54) is 11.1 Å². The molecule has 1 aromatic rings. The molecule has 0 saturated heterocycles. The van der Waals surface area contributed by atoms with Crippen molar-refractivity contribution in [3.63, 3.8) is 0 Å². The third-order valence-corrected chi connectivity index (χ3v) is 4.74. The highest BCUT2D eigenvalue weighted by Crippen LogP contribution is 2.31. The molecule has 1 aromatic heterocycles. The number of aromatic nitrogens is 2. The van der Waals surface area contributed by atoms with Gasteiger partial charge in [-0.1, -0.05) is 32.4 Å². The lowest BCUT2D eigenvalue weighted by Gasteiger charge is -2.33. The van der Waals surface area contributed by atoms with Crippen LogP contribution < -0.4 is 10.9 Å². The molecule has 1 aliphatic carbocycles. The summed E-state index contributed by atoms with van der Waals surface area (Å²) in [5, 5.41) is 7.85. The average molecular weight is 298 g/mol. The van der Waals surface area contributed by atoms with Crippen molar-refractivity contribution < 1.29 is 0 Å². The van der Waals surface area contributed by atoms with Crippen LogP contribution in [0.4, 0.5) is 5.69 Å². The second kappa shape index (κ2) is 6.61. The minimum atomic E-state index is -0.198. The Morgan fingerprint density at radius 3 is 2.80 bits per heavy atom. The SMILES string of the molecule is CCCn1ncc(NC2CCC(C)C(C)C2)c(Cl)c1=O. The van der Waals surface area contributed by atoms with Crippen molar-refractivity contribution in [1.29, 1.82) is 0 Å². The maximum atomic E-state index is 12.1. The summed E-state index contributed by atoms with van der Waals surface area (Å²) in [6.07, 6.45) is 6.02. The van der Waals surface area contributed by atoms with E-state index in [1.54, 1.807) is 6.20 Å². The summed E-state index contributed by atoms with van der Waals surface area (Å²) in [6, 6.07) is 0.391. The quantitative estimate of drug-likeness (QED) is 0.924. The number of aryl methyl sites for hydroxylation is 1. The molecule has 0 radical (unpaired) electrons. The minimum Gasteiger partial charge on any atom is -0.380 e. The normalized spacial score (nSPS) is 26.5. The number of rotatable bonds is 4. The molecule has 0 amide bonds. The van der Waals surface area contributed by atoms with Crippen LogP contribution in [0.2, 0.25) is 5.02 Å². The summed E-state index contributed by atoms with van der Waals surface area (Å²) in [5.41, 5.74) is 0.478. The summed E-state index contributed by atoms with van der Waals surface area (Å²) < 4.78 is 1.43. The Balaban J connectivity index is 2.10. The first kappa shape index (κ1) is 15.4. The van der Waals surface area contributed by atoms with E-state index in [1.807, 2.05) is 6.92 Å². The van der Waals surface area contributed by atoms with E-state index in [-0.39, 0.29) is 10.6 Å². The Labute approximate surface area is 125 Å². The van der Waals surface area contributed by atoms with Crippen LogP contribution in [0.1, 0.15) is 46.5 Å². The zero-order chi connectivity index (χ0) is 14.7. The van der Waals surface area contributed by atoms with Crippen molar-refractivity contribution in [1.82, 2.24) is 9.78 Å². The van der Waals surface area contributed by atoms with Gasteiger partial charge in [0.2, 0.25) is 0 Å². The maximum absolute atomic E-state index is 12.1. The average Bonchev–Trinajstić information content (AvgIpc) is 2.42. The van der Waals surface area contributed by atoms with Crippen LogP contribution in [-0.4, -0.2) is 15.8 Å². The molecule has 2 rings (SSSR count). The van der Waals surface area contributed by atoms with Crippen LogP contribution in [0.25, 0.3) is 0 Å². The van der Waals surface area contributed by atoms with Gasteiger partial charge in [0.15, 0.2) is 0 Å². The smallest absolute Gasteiger partial charge is 0.287 e. The van der Waals surface area contributed by atoms with Gasteiger partial charge in [-0.15, -0.1) is 0 Å². The van der Waals surface area contributed by atoms with Crippen molar-refractivity contribution >= 4 is 17.3 Å². The molecule has 1 N–H and O–H groups in total. The van der Waals surface area contributed by atoms with Gasteiger partial charge in [-0.25, -0.2) is 4.68 Å². The van der Waals surface area contributed by atoms with E-state index in [0.29, 0.717) is 24.2 Å². The number of nitrogens with zero attached hydrogens (tertiary/aromatic N) is 2. The zero-order valence-corrected chi connectivity index (χ0v) is 13.3. The number of hydrogen-bond acceptors (Lipinski definition) is 3. The molecule has 0 bridgehead atoms.